The third-order valence-electron chi connectivity index (χ3n) is 9.73. The molecule has 2 aliphatic heterocycles. The Labute approximate surface area is 189 Å². The van der Waals surface area contributed by atoms with E-state index in [-0.39, 0.29) is 24.2 Å². The van der Waals surface area contributed by atoms with Crippen molar-refractivity contribution >= 4 is 23.9 Å². The number of rotatable bonds is 6. The fourth-order valence-corrected chi connectivity index (χ4v) is 7.60. The molecule has 2 saturated carbocycles. The fourth-order valence-electron chi connectivity index (χ4n) is 7.60. The lowest BCUT2D eigenvalue weighted by atomic mass is 9.58. The highest BCUT2D eigenvalue weighted by Gasteiger charge is 2.65. The molecule has 10 unspecified atom stereocenters. The molecule has 7 nitrogen and oxygen atoms in total. The van der Waals surface area contributed by atoms with Gasteiger partial charge in [-0.3, -0.25) is 19.2 Å². The molecular formula is C25H36O7. The van der Waals surface area contributed by atoms with E-state index in [9.17, 15) is 19.2 Å². The molecular weight excluding hydrogens is 412 g/mol. The first-order chi connectivity index (χ1) is 14.9. The van der Waals surface area contributed by atoms with Gasteiger partial charge in [0.1, 0.15) is 5.60 Å². The normalized spacial score (nSPS) is 45.0. The number of hydrogen-bond acceptors (Lipinski definition) is 7. The monoisotopic (exact) mass is 448 g/mol. The Kier molecular flexibility index (Phi) is 5.70. The Bertz CT molecular complexity index is 836. The van der Waals surface area contributed by atoms with Gasteiger partial charge in [0.25, 0.3) is 0 Å². The van der Waals surface area contributed by atoms with Crippen molar-refractivity contribution in [3.05, 3.63) is 0 Å². The molecule has 0 radical (unpaired) electrons. The van der Waals surface area contributed by atoms with Gasteiger partial charge < -0.3 is 14.2 Å². The van der Waals surface area contributed by atoms with Crippen molar-refractivity contribution in [2.24, 2.45) is 52.8 Å². The zero-order valence-electron chi connectivity index (χ0n) is 20.0. The second-order valence-electron chi connectivity index (χ2n) is 11.3. The van der Waals surface area contributed by atoms with Crippen LogP contribution >= 0.6 is 0 Å². The number of fused-ring (bicyclic) bond motifs is 2. The van der Waals surface area contributed by atoms with Gasteiger partial charge >= 0.3 is 23.9 Å². The van der Waals surface area contributed by atoms with Crippen molar-refractivity contribution in [3.63, 3.8) is 0 Å². The van der Waals surface area contributed by atoms with Gasteiger partial charge in [0.2, 0.25) is 0 Å². The first-order valence-electron chi connectivity index (χ1n) is 12.0. The van der Waals surface area contributed by atoms with Crippen molar-refractivity contribution in [3.8, 4) is 0 Å². The predicted octanol–water partition coefficient (Wildman–Crippen LogP) is 3.53. The quantitative estimate of drug-likeness (QED) is 0.348. The van der Waals surface area contributed by atoms with Crippen molar-refractivity contribution in [2.75, 3.05) is 7.11 Å². The summed E-state index contributed by atoms with van der Waals surface area (Å²) in [6, 6.07) is 0. The van der Waals surface area contributed by atoms with Crippen LogP contribution in [0, 0.1) is 52.8 Å². The summed E-state index contributed by atoms with van der Waals surface area (Å²) in [7, 11) is 1.30. The largest absolute Gasteiger partial charge is 0.469 e. The van der Waals surface area contributed by atoms with E-state index in [1.807, 2.05) is 6.92 Å². The van der Waals surface area contributed by atoms with Crippen LogP contribution in [0.3, 0.4) is 0 Å². The SMILES string of the molecule is COC(=O)C(C)(CCC1(C)CCC(=O)O1)C1C(=O)OC(=O)C1C1C(C)C2CC1C(C)C2C. The van der Waals surface area contributed by atoms with Gasteiger partial charge in [-0.1, -0.05) is 20.8 Å². The molecule has 32 heavy (non-hydrogen) atoms. The van der Waals surface area contributed by atoms with E-state index < -0.39 is 40.8 Å². The van der Waals surface area contributed by atoms with Gasteiger partial charge in [-0.2, -0.15) is 0 Å². The van der Waals surface area contributed by atoms with Crippen LogP contribution in [0.5, 0.6) is 0 Å². The van der Waals surface area contributed by atoms with E-state index in [0.717, 1.165) is 6.42 Å². The van der Waals surface area contributed by atoms with Crippen LogP contribution in [0.15, 0.2) is 0 Å². The zero-order chi connectivity index (χ0) is 23.6. The summed E-state index contributed by atoms with van der Waals surface area (Å²) in [4.78, 5) is 50.9. The minimum atomic E-state index is -1.24. The van der Waals surface area contributed by atoms with Crippen molar-refractivity contribution < 1.29 is 33.4 Å². The summed E-state index contributed by atoms with van der Waals surface area (Å²) >= 11 is 0. The van der Waals surface area contributed by atoms with E-state index in [1.165, 1.54) is 7.11 Å². The molecule has 0 spiro atoms. The molecule has 2 bridgehead atoms. The molecule has 7 heteroatoms. The minimum absolute atomic E-state index is 0.0130. The molecule has 2 saturated heterocycles. The summed E-state index contributed by atoms with van der Waals surface area (Å²) in [5.41, 5.74) is -1.92. The Balaban J connectivity index is 1.66. The molecule has 0 aromatic carbocycles. The van der Waals surface area contributed by atoms with Crippen molar-refractivity contribution in [1.29, 1.82) is 0 Å². The predicted molar refractivity (Wildman–Crippen MR) is 114 cm³/mol. The zero-order valence-corrected chi connectivity index (χ0v) is 20.0. The maximum absolute atomic E-state index is 13.1. The molecule has 10 atom stereocenters. The Morgan fingerprint density at radius 1 is 1.09 bits per heavy atom. The van der Waals surface area contributed by atoms with Crippen LogP contribution in [-0.2, 0) is 33.4 Å². The molecule has 2 aliphatic carbocycles. The topological polar surface area (TPSA) is 96.0 Å². The summed E-state index contributed by atoms with van der Waals surface area (Å²) in [5, 5.41) is 0. The number of carbonyl (C=O) groups excluding carboxylic acids is 4. The van der Waals surface area contributed by atoms with Crippen LogP contribution in [0.1, 0.15) is 66.7 Å². The number of cyclic esters (lactones) is 3. The number of hydrogen-bond donors (Lipinski definition) is 0. The molecule has 0 N–H and O–H groups in total. The van der Waals surface area contributed by atoms with Crippen LogP contribution < -0.4 is 0 Å². The molecule has 4 fully saturated rings. The summed E-state index contributed by atoms with van der Waals surface area (Å²) in [6.45, 7) is 10.3. The van der Waals surface area contributed by atoms with Crippen LogP contribution in [-0.4, -0.2) is 36.6 Å². The maximum atomic E-state index is 13.1. The van der Waals surface area contributed by atoms with Crippen molar-refractivity contribution in [2.45, 2.75) is 72.3 Å². The smallest absolute Gasteiger partial charge is 0.318 e. The van der Waals surface area contributed by atoms with Crippen LogP contribution in [0.2, 0.25) is 0 Å². The summed E-state index contributed by atoms with van der Waals surface area (Å²) < 4.78 is 15.9. The first-order valence-corrected chi connectivity index (χ1v) is 12.0. The Hall–Kier alpha value is -1.92. The van der Waals surface area contributed by atoms with Crippen LogP contribution in [0.4, 0.5) is 0 Å². The second kappa shape index (κ2) is 7.84. The number of carbonyl (C=O) groups is 4. The molecule has 0 aromatic rings. The number of esters is 4. The second-order valence-corrected chi connectivity index (χ2v) is 11.3. The van der Waals surface area contributed by atoms with Gasteiger partial charge in [-0.15, -0.1) is 0 Å². The van der Waals surface area contributed by atoms with Gasteiger partial charge in [0.05, 0.1) is 24.4 Å². The standard InChI is InChI=1S/C25H36O7/c1-12-13(2)16-11-15(12)14(3)18(16)19-20(22(28)31-21(19)27)25(5,23(29)30-6)10-9-24(4)8-7-17(26)32-24/h12-16,18-20H,7-11H2,1-6H3. The van der Waals surface area contributed by atoms with E-state index in [0.29, 0.717) is 42.9 Å². The highest BCUT2D eigenvalue weighted by atomic mass is 16.6. The fraction of sp³-hybridized carbons (Fsp3) is 0.840. The van der Waals surface area contributed by atoms with E-state index in [1.54, 1.807) is 6.92 Å². The van der Waals surface area contributed by atoms with Crippen molar-refractivity contribution in [1.82, 2.24) is 0 Å². The van der Waals surface area contributed by atoms with E-state index in [2.05, 4.69) is 20.8 Å². The minimum Gasteiger partial charge on any atom is -0.469 e. The average molecular weight is 449 g/mol. The molecule has 0 amide bonds. The van der Waals surface area contributed by atoms with Gasteiger partial charge in [0, 0.05) is 6.42 Å². The Morgan fingerprint density at radius 3 is 2.31 bits per heavy atom. The maximum Gasteiger partial charge on any atom is 0.318 e. The van der Waals surface area contributed by atoms with E-state index >= 15 is 0 Å². The number of ether oxygens (including phenoxy) is 3. The van der Waals surface area contributed by atoms with Crippen LogP contribution in [0.25, 0.3) is 0 Å². The molecule has 4 aliphatic rings. The summed E-state index contributed by atoms with van der Waals surface area (Å²) in [6.07, 6.45) is 2.65. The van der Waals surface area contributed by atoms with Gasteiger partial charge in [-0.05, 0) is 75.0 Å². The Morgan fingerprint density at radius 2 is 1.75 bits per heavy atom. The molecule has 2 heterocycles. The number of methoxy groups -OCH3 is 1. The lowest BCUT2D eigenvalue weighted by Crippen LogP contribution is -2.48. The summed E-state index contributed by atoms with van der Waals surface area (Å²) in [5.74, 6) is -1.24. The molecule has 4 rings (SSSR count). The third kappa shape index (κ3) is 3.38. The molecule has 178 valence electrons. The third-order valence-corrected chi connectivity index (χ3v) is 9.73. The highest BCUT2D eigenvalue weighted by molar-refractivity contribution is 6.00. The van der Waals surface area contributed by atoms with Gasteiger partial charge in [-0.25, -0.2) is 0 Å². The lowest BCUT2D eigenvalue weighted by molar-refractivity contribution is -0.165. The highest BCUT2D eigenvalue weighted by Crippen LogP contribution is 2.63. The van der Waals surface area contributed by atoms with E-state index in [4.69, 9.17) is 14.2 Å². The lowest BCUT2D eigenvalue weighted by Gasteiger charge is -2.42. The molecule has 0 aromatic heterocycles. The van der Waals surface area contributed by atoms with Gasteiger partial charge in [0.15, 0.2) is 0 Å². The average Bonchev–Trinajstić information content (AvgIpc) is 3.43. The first kappa shape index (κ1) is 23.2.